The summed E-state index contributed by atoms with van der Waals surface area (Å²) in [5, 5.41) is 14.7. The molecule has 2 rings (SSSR count). The molecule has 1 amide bonds. The van der Waals surface area contributed by atoms with Crippen LogP contribution in [0.1, 0.15) is 24.8 Å². The summed E-state index contributed by atoms with van der Waals surface area (Å²) in [5.41, 5.74) is 0.496. The van der Waals surface area contributed by atoms with Gasteiger partial charge in [0.1, 0.15) is 11.9 Å². The molecule has 2 N–H and O–H groups in total. The van der Waals surface area contributed by atoms with Crippen molar-refractivity contribution >= 4 is 11.6 Å². The topological polar surface area (TPSA) is 64.9 Å². The van der Waals surface area contributed by atoms with Crippen molar-refractivity contribution in [3.05, 3.63) is 29.6 Å². The highest BCUT2D eigenvalue weighted by Crippen LogP contribution is 2.17. The number of piperidine rings is 1. The van der Waals surface area contributed by atoms with Gasteiger partial charge >= 0.3 is 0 Å². The molecule has 0 bridgehead atoms. The number of rotatable bonds is 2. The van der Waals surface area contributed by atoms with Crippen LogP contribution in [0.25, 0.3) is 0 Å². The van der Waals surface area contributed by atoms with Crippen LogP contribution in [0.2, 0.25) is 0 Å². The molecule has 1 heterocycles. The van der Waals surface area contributed by atoms with Crippen LogP contribution in [0, 0.1) is 17.1 Å². The first-order chi connectivity index (χ1) is 8.70. The number of carbonyl (C=O) groups excluding carboxylic acids is 1. The third-order valence-electron chi connectivity index (χ3n) is 2.99. The number of nitriles is 1. The lowest BCUT2D eigenvalue weighted by Gasteiger charge is -2.22. The second kappa shape index (κ2) is 5.61. The van der Waals surface area contributed by atoms with Gasteiger partial charge in [-0.2, -0.15) is 5.26 Å². The van der Waals surface area contributed by atoms with Gasteiger partial charge in [-0.3, -0.25) is 4.79 Å². The number of halogens is 1. The second-order valence-electron chi connectivity index (χ2n) is 4.29. The zero-order valence-corrected chi connectivity index (χ0v) is 9.87. The van der Waals surface area contributed by atoms with Gasteiger partial charge in [0.2, 0.25) is 5.91 Å². The smallest absolute Gasteiger partial charge is 0.241 e. The first-order valence-corrected chi connectivity index (χ1v) is 5.94. The van der Waals surface area contributed by atoms with Gasteiger partial charge in [0, 0.05) is 0 Å². The van der Waals surface area contributed by atoms with Crippen LogP contribution in [0.5, 0.6) is 0 Å². The first kappa shape index (κ1) is 12.5. The normalized spacial score (nSPS) is 19.0. The maximum Gasteiger partial charge on any atom is 0.241 e. The summed E-state index contributed by atoms with van der Waals surface area (Å²) in [6.45, 7) is 0.826. The van der Waals surface area contributed by atoms with Crippen molar-refractivity contribution in [3.8, 4) is 6.07 Å². The Kier molecular flexibility index (Phi) is 3.90. The van der Waals surface area contributed by atoms with E-state index in [-0.39, 0.29) is 17.5 Å². The Balaban J connectivity index is 2.09. The Morgan fingerprint density at radius 1 is 1.50 bits per heavy atom. The zero-order chi connectivity index (χ0) is 13.0. The van der Waals surface area contributed by atoms with Gasteiger partial charge in [-0.15, -0.1) is 0 Å². The van der Waals surface area contributed by atoms with E-state index < -0.39 is 5.82 Å². The van der Waals surface area contributed by atoms with Crippen molar-refractivity contribution in [2.24, 2.45) is 0 Å². The van der Waals surface area contributed by atoms with Crippen LogP contribution in [-0.2, 0) is 4.79 Å². The Morgan fingerprint density at radius 2 is 2.33 bits per heavy atom. The number of nitrogens with zero attached hydrogens (tertiary/aromatic N) is 1. The van der Waals surface area contributed by atoms with E-state index in [0.29, 0.717) is 5.69 Å². The summed E-state index contributed by atoms with van der Waals surface area (Å²) < 4.78 is 13.0. The highest BCUT2D eigenvalue weighted by Gasteiger charge is 2.21. The van der Waals surface area contributed by atoms with Gasteiger partial charge in [0.05, 0.1) is 17.3 Å². The molecule has 1 aromatic carbocycles. The molecule has 5 heteroatoms. The van der Waals surface area contributed by atoms with Gasteiger partial charge in [-0.05, 0) is 37.6 Å². The molecule has 0 unspecified atom stereocenters. The minimum atomic E-state index is -0.486. The Morgan fingerprint density at radius 3 is 3.00 bits per heavy atom. The van der Waals surface area contributed by atoms with Gasteiger partial charge in [0.15, 0.2) is 0 Å². The maximum atomic E-state index is 13.0. The van der Waals surface area contributed by atoms with Crippen LogP contribution in [-0.4, -0.2) is 18.5 Å². The van der Waals surface area contributed by atoms with E-state index in [9.17, 15) is 9.18 Å². The van der Waals surface area contributed by atoms with Crippen molar-refractivity contribution in [1.82, 2.24) is 5.32 Å². The summed E-state index contributed by atoms with van der Waals surface area (Å²) in [6.07, 6.45) is 2.87. The summed E-state index contributed by atoms with van der Waals surface area (Å²) in [5.74, 6) is -0.654. The summed E-state index contributed by atoms with van der Waals surface area (Å²) >= 11 is 0. The van der Waals surface area contributed by atoms with Gasteiger partial charge in [-0.25, -0.2) is 4.39 Å². The average Bonchev–Trinajstić information content (AvgIpc) is 2.41. The second-order valence-corrected chi connectivity index (χ2v) is 4.29. The highest BCUT2D eigenvalue weighted by molar-refractivity contribution is 5.96. The van der Waals surface area contributed by atoms with Gasteiger partial charge in [0.25, 0.3) is 0 Å². The number of carbonyl (C=O) groups is 1. The van der Waals surface area contributed by atoms with E-state index in [1.54, 1.807) is 0 Å². The number of hydrogen-bond acceptors (Lipinski definition) is 3. The molecule has 18 heavy (non-hydrogen) atoms. The lowest BCUT2D eigenvalue weighted by atomic mass is 10.0. The number of benzene rings is 1. The zero-order valence-electron chi connectivity index (χ0n) is 9.87. The molecular formula is C13H14FN3O. The highest BCUT2D eigenvalue weighted by atomic mass is 19.1. The monoisotopic (exact) mass is 247 g/mol. The quantitative estimate of drug-likeness (QED) is 0.837. The molecule has 1 aliphatic rings. The Hall–Kier alpha value is -1.93. The SMILES string of the molecule is N#Cc1cc(F)ccc1NC(=O)[C@@H]1CCCCN1. The summed E-state index contributed by atoms with van der Waals surface area (Å²) in [4.78, 5) is 11.9. The van der Waals surface area contributed by atoms with Crippen LogP contribution in [0.4, 0.5) is 10.1 Å². The average molecular weight is 247 g/mol. The van der Waals surface area contributed by atoms with E-state index in [1.165, 1.54) is 12.1 Å². The van der Waals surface area contributed by atoms with Crippen LogP contribution < -0.4 is 10.6 Å². The van der Waals surface area contributed by atoms with E-state index in [4.69, 9.17) is 5.26 Å². The van der Waals surface area contributed by atoms with E-state index in [0.717, 1.165) is 31.9 Å². The predicted molar refractivity (Wildman–Crippen MR) is 65.4 cm³/mol. The Labute approximate surface area is 105 Å². The number of amides is 1. The number of nitrogens with one attached hydrogen (secondary N) is 2. The molecule has 0 radical (unpaired) electrons. The molecule has 1 saturated heterocycles. The molecule has 94 valence electrons. The van der Waals surface area contributed by atoms with E-state index >= 15 is 0 Å². The standard InChI is InChI=1S/C13H14FN3O/c14-10-4-5-11(9(7-10)8-15)17-13(18)12-3-1-2-6-16-12/h4-5,7,12,16H,1-3,6H2,(H,17,18)/t12-/m0/s1. The third-order valence-corrected chi connectivity index (χ3v) is 2.99. The first-order valence-electron chi connectivity index (χ1n) is 5.94. The molecule has 1 fully saturated rings. The Bertz CT molecular complexity index is 489. The fourth-order valence-corrected chi connectivity index (χ4v) is 2.01. The molecule has 0 aromatic heterocycles. The predicted octanol–water partition coefficient (Wildman–Crippen LogP) is 1.78. The molecule has 1 aliphatic heterocycles. The summed E-state index contributed by atoms with van der Waals surface area (Å²) in [7, 11) is 0. The molecule has 0 aliphatic carbocycles. The number of anilines is 1. The molecule has 0 spiro atoms. The lowest BCUT2D eigenvalue weighted by molar-refractivity contribution is -0.118. The summed E-state index contributed by atoms with van der Waals surface area (Å²) in [6, 6.07) is 5.40. The van der Waals surface area contributed by atoms with Gasteiger partial charge in [-0.1, -0.05) is 6.42 Å². The fourth-order valence-electron chi connectivity index (χ4n) is 2.01. The molecular weight excluding hydrogens is 233 g/mol. The molecule has 1 aromatic rings. The van der Waals surface area contributed by atoms with Crippen molar-refractivity contribution in [3.63, 3.8) is 0 Å². The van der Waals surface area contributed by atoms with Crippen molar-refractivity contribution in [2.45, 2.75) is 25.3 Å². The van der Waals surface area contributed by atoms with E-state index in [1.807, 2.05) is 6.07 Å². The van der Waals surface area contributed by atoms with Crippen LogP contribution in [0.3, 0.4) is 0 Å². The molecule has 1 atom stereocenters. The van der Waals surface area contributed by atoms with E-state index in [2.05, 4.69) is 10.6 Å². The van der Waals surface area contributed by atoms with Crippen molar-refractivity contribution in [2.75, 3.05) is 11.9 Å². The van der Waals surface area contributed by atoms with Crippen molar-refractivity contribution < 1.29 is 9.18 Å². The third kappa shape index (κ3) is 2.84. The molecule has 4 nitrogen and oxygen atoms in total. The van der Waals surface area contributed by atoms with Gasteiger partial charge < -0.3 is 10.6 Å². The minimum absolute atomic E-state index is 0.138. The maximum absolute atomic E-state index is 13.0. The minimum Gasteiger partial charge on any atom is -0.324 e. The molecule has 0 saturated carbocycles. The van der Waals surface area contributed by atoms with Crippen LogP contribution >= 0.6 is 0 Å². The van der Waals surface area contributed by atoms with Crippen molar-refractivity contribution in [1.29, 1.82) is 5.26 Å². The fraction of sp³-hybridized carbons (Fsp3) is 0.385. The van der Waals surface area contributed by atoms with Crippen LogP contribution in [0.15, 0.2) is 18.2 Å². The number of hydrogen-bond donors (Lipinski definition) is 2. The lowest BCUT2D eigenvalue weighted by Crippen LogP contribution is -2.43. The largest absolute Gasteiger partial charge is 0.324 e.